The largest absolute Gasteiger partial charge is 0.361 e. The third kappa shape index (κ3) is 3.10. The second-order valence-corrected chi connectivity index (χ2v) is 7.18. The maximum Gasteiger partial charge on any atom is 0.246 e. The number of nitrogens with zero attached hydrogens (tertiary/aromatic N) is 2. The maximum absolute atomic E-state index is 13.1. The van der Waals surface area contributed by atoms with Crippen LogP contribution in [0, 0.1) is 0 Å². The number of likely N-dealkylation sites (N-methyl/N-ethyl adjacent to an activating group) is 2. The molecule has 0 saturated carbocycles. The number of rotatable bonds is 4. The van der Waals surface area contributed by atoms with Gasteiger partial charge in [-0.3, -0.25) is 9.59 Å². The highest BCUT2D eigenvalue weighted by Crippen LogP contribution is 2.25. The fraction of sp³-hybridized carbons (Fsp3) is 0.273. The molecule has 1 aliphatic rings. The molecule has 0 bridgehead atoms. The van der Waals surface area contributed by atoms with Crippen molar-refractivity contribution in [3.05, 3.63) is 71.9 Å². The number of para-hydroxylation sites is 1. The van der Waals surface area contributed by atoms with E-state index in [0.717, 1.165) is 22.0 Å². The number of aromatic nitrogens is 1. The van der Waals surface area contributed by atoms with Crippen molar-refractivity contribution in [2.75, 3.05) is 14.1 Å². The van der Waals surface area contributed by atoms with Crippen molar-refractivity contribution >= 4 is 22.7 Å². The van der Waals surface area contributed by atoms with Gasteiger partial charge in [0.15, 0.2) is 0 Å². The SMILES string of the molecule is CN1C(=O)C(Cc2c[nH]c3ccccc23)N(C)C(=O)C1Cc1ccccc1. The van der Waals surface area contributed by atoms with Gasteiger partial charge in [0.2, 0.25) is 11.8 Å². The van der Waals surface area contributed by atoms with Crippen LogP contribution in [0.2, 0.25) is 0 Å². The molecule has 1 N–H and O–H groups in total. The van der Waals surface area contributed by atoms with Gasteiger partial charge in [-0.25, -0.2) is 0 Å². The molecular weight excluding hydrogens is 338 g/mol. The Morgan fingerprint density at radius 2 is 1.41 bits per heavy atom. The zero-order chi connectivity index (χ0) is 19.0. The number of benzene rings is 2. The van der Waals surface area contributed by atoms with Gasteiger partial charge in [0.1, 0.15) is 12.1 Å². The molecule has 2 atom stereocenters. The van der Waals surface area contributed by atoms with E-state index in [1.807, 2.05) is 60.8 Å². The van der Waals surface area contributed by atoms with Gasteiger partial charge in [-0.05, 0) is 17.2 Å². The van der Waals surface area contributed by atoms with E-state index in [1.54, 1.807) is 23.9 Å². The topological polar surface area (TPSA) is 56.4 Å². The molecule has 2 amide bonds. The van der Waals surface area contributed by atoms with Crippen molar-refractivity contribution in [3.63, 3.8) is 0 Å². The van der Waals surface area contributed by atoms with Crippen LogP contribution in [0.25, 0.3) is 10.9 Å². The number of carbonyl (C=O) groups is 2. The number of nitrogens with one attached hydrogen (secondary N) is 1. The van der Waals surface area contributed by atoms with Gasteiger partial charge in [-0.15, -0.1) is 0 Å². The molecule has 2 heterocycles. The Morgan fingerprint density at radius 1 is 0.815 bits per heavy atom. The molecular formula is C22H23N3O2. The summed E-state index contributed by atoms with van der Waals surface area (Å²) in [5.41, 5.74) is 3.15. The Bertz CT molecular complexity index is 979. The smallest absolute Gasteiger partial charge is 0.246 e. The van der Waals surface area contributed by atoms with Crippen LogP contribution in [-0.2, 0) is 22.4 Å². The number of piperazine rings is 1. The second-order valence-electron chi connectivity index (χ2n) is 7.18. The Morgan fingerprint density at radius 3 is 2.11 bits per heavy atom. The Hall–Kier alpha value is -3.08. The standard InChI is InChI=1S/C22H23N3O2/c1-24-19(12-15-8-4-3-5-9-15)21(26)25(2)20(22(24)27)13-16-14-23-18-11-7-6-10-17(16)18/h3-11,14,19-20,23H,12-13H2,1-2H3. The van der Waals surface area contributed by atoms with Crippen molar-refractivity contribution in [1.82, 2.24) is 14.8 Å². The lowest BCUT2D eigenvalue weighted by atomic mass is 9.95. The summed E-state index contributed by atoms with van der Waals surface area (Å²) in [4.78, 5) is 32.6. The third-order valence-corrected chi connectivity index (χ3v) is 5.56. The van der Waals surface area contributed by atoms with Gasteiger partial charge >= 0.3 is 0 Å². The third-order valence-electron chi connectivity index (χ3n) is 5.56. The average Bonchev–Trinajstić information content (AvgIpc) is 3.11. The molecule has 5 nitrogen and oxygen atoms in total. The molecule has 5 heteroatoms. The van der Waals surface area contributed by atoms with Crippen LogP contribution in [0.1, 0.15) is 11.1 Å². The number of hydrogen-bond acceptors (Lipinski definition) is 2. The summed E-state index contributed by atoms with van der Waals surface area (Å²) in [6, 6.07) is 16.9. The predicted molar refractivity (Wildman–Crippen MR) is 105 cm³/mol. The lowest BCUT2D eigenvalue weighted by Crippen LogP contribution is -2.63. The number of aromatic amines is 1. The maximum atomic E-state index is 13.1. The molecule has 3 aromatic rings. The van der Waals surface area contributed by atoms with E-state index in [1.165, 1.54) is 0 Å². The van der Waals surface area contributed by atoms with Crippen LogP contribution >= 0.6 is 0 Å². The Labute approximate surface area is 158 Å². The molecule has 0 spiro atoms. The first-order valence-electron chi connectivity index (χ1n) is 9.18. The fourth-order valence-electron chi connectivity index (χ4n) is 3.90. The van der Waals surface area contributed by atoms with Gasteiger partial charge in [0.05, 0.1) is 0 Å². The summed E-state index contributed by atoms with van der Waals surface area (Å²) in [5.74, 6) is -0.0193. The monoisotopic (exact) mass is 361 g/mol. The summed E-state index contributed by atoms with van der Waals surface area (Å²) in [5, 5.41) is 1.10. The molecule has 4 rings (SSSR count). The van der Waals surface area contributed by atoms with E-state index in [4.69, 9.17) is 0 Å². The first kappa shape index (κ1) is 17.3. The fourth-order valence-corrected chi connectivity index (χ4v) is 3.90. The highest BCUT2D eigenvalue weighted by molar-refractivity contribution is 5.97. The number of carbonyl (C=O) groups excluding carboxylic acids is 2. The summed E-state index contributed by atoms with van der Waals surface area (Å²) >= 11 is 0. The summed E-state index contributed by atoms with van der Waals surface area (Å²) in [6.45, 7) is 0. The molecule has 2 aromatic carbocycles. The van der Waals surface area contributed by atoms with E-state index in [-0.39, 0.29) is 11.8 Å². The molecule has 27 heavy (non-hydrogen) atoms. The molecule has 1 aliphatic heterocycles. The number of fused-ring (bicyclic) bond motifs is 1. The normalized spacial score (nSPS) is 20.5. The Kier molecular flexibility index (Phi) is 4.44. The van der Waals surface area contributed by atoms with Crippen molar-refractivity contribution in [2.24, 2.45) is 0 Å². The van der Waals surface area contributed by atoms with Gasteiger partial charge in [-0.2, -0.15) is 0 Å². The minimum absolute atomic E-state index is 0.00852. The van der Waals surface area contributed by atoms with E-state index in [9.17, 15) is 9.59 Å². The van der Waals surface area contributed by atoms with Crippen molar-refractivity contribution in [1.29, 1.82) is 0 Å². The van der Waals surface area contributed by atoms with Crippen LogP contribution in [0.4, 0.5) is 0 Å². The lowest BCUT2D eigenvalue weighted by molar-refractivity contribution is -0.158. The van der Waals surface area contributed by atoms with Crippen LogP contribution in [-0.4, -0.2) is 52.8 Å². The second kappa shape index (κ2) is 6.91. The first-order chi connectivity index (χ1) is 13.1. The quantitative estimate of drug-likeness (QED) is 0.777. The minimum Gasteiger partial charge on any atom is -0.361 e. The van der Waals surface area contributed by atoms with E-state index in [2.05, 4.69) is 4.98 Å². The average molecular weight is 361 g/mol. The molecule has 0 radical (unpaired) electrons. The van der Waals surface area contributed by atoms with Gasteiger partial charge in [0, 0.05) is 44.0 Å². The molecule has 138 valence electrons. The molecule has 0 aliphatic carbocycles. The van der Waals surface area contributed by atoms with Crippen molar-refractivity contribution in [3.8, 4) is 0 Å². The molecule has 1 aromatic heterocycles. The lowest BCUT2D eigenvalue weighted by Gasteiger charge is -2.42. The first-order valence-corrected chi connectivity index (χ1v) is 9.18. The van der Waals surface area contributed by atoms with Crippen LogP contribution in [0.15, 0.2) is 60.8 Å². The molecule has 1 fully saturated rings. The van der Waals surface area contributed by atoms with E-state index in [0.29, 0.717) is 12.8 Å². The van der Waals surface area contributed by atoms with Crippen LogP contribution < -0.4 is 0 Å². The highest BCUT2D eigenvalue weighted by Gasteiger charge is 2.42. The number of hydrogen-bond donors (Lipinski definition) is 1. The predicted octanol–water partition coefficient (Wildman–Crippen LogP) is 2.62. The van der Waals surface area contributed by atoms with Gasteiger partial charge in [-0.1, -0.05) is 48.5 Å². The van der Waals surface area contributed by atoms with Crippen LogP contribution in [0.5, 0.6) is 0 Å². The number of amides is 2. The number of H-pyrrole nitrogens is 1. The van der Waals surface area contributed by atoms with Crippen LogP contribution in [0.3, 0.4) is 0 Å². The molecule has 2 unspecified atom stereocenters. The van der Waals surface area contributed by atoms with Crippen molar-refractivity contribution in [2.45, 2.75) is 24.9 Å². The van der Waals surface area contributed by atoms with Crippen molar-refractivity contribution < 1.29 is 9.59 Å². The zero-order valence-electron chi connectivity index (χ0n) is 15.6. The molecule has 1 saturated heterocycles. The van der Waals surface area contributed by atoms with Gasteiger partial charge < -0.3 is 14.8 Å². The Balaban J connectivity index is 1.57. The highest BCUT2D eigenvalue weighted by atomic mass is 16.2. The van der Waals surface area contributed by atoms with E-state index < -0.39 is 12.1 Å². The zero-order valence-corrected chi connectivity index (χ0v) is 15.6. The minimum atomic E-state index is -0.478. The van der Waals surface area contributed by atoms with Gasteiger partial charge in [0.25, 0.3) is 0 Å². The summed E-state index contributed by atoms with van der Waals surface area (Å²) in [7, 11) is 3.48. The summed E-state index contributed by atoms with van der Waals surface area (Å²) < 4.78 is 0. The van der Waals surface area contributed by atoms with E-state index >= 15 is 0 Å². The summed E-state index contributed by atoms with van der Waals surface area (Å²) in [6.07, 6.45) is 2.98.